The van der Waals surface area contributed by atoms with E-state index >= 15 is 0 Å². The monoisotopic (exact) mass is 382 g/mol. The lowest BCUT2D eigenvalue weighted by atomic mass is 9.90. The van der Waals surface area contributed by atoms with E-state index in [0.29, 0.717) is 16.2 Å². The molecule has 0 heterocycles. The summed E-state index contributed by atoms with van der Waals surface area (Å²) in [4.78, 5) is 5.46. The number of rotatable bonds is 12. The van der Waals surface area contributed by atoms with Gasteiger partial charge in [0.2, 0.25) is 0 Å². The Morgan fingerprint density at radius 2 is 0.778 bits per heavy atom. The maximum absolute atomic E-state index is 2.73. The summed E-state index contributed by atoms with van der Waals surface area (Å²) in [6.45, 7) is 33.4. The molecule has 0 rings (SSSR count). The van der Waals surface area contributed by atoms with E-state index in [1.165, 1.54) is 65.0 Å². The van der Waals surface area contributed by atoms with Gasteiger partial charge in [-0.15, -0.1) is 0 Å². The molecule has 0 saturated heterocycles. The molecule has 27 heavy (non-hydrogen) atoms. The van der Waals surface area contributed by atoms with E-state index in [4.69, 9.17) is 0 Å². The number of hydrogen-bond donors (Lipinski definition) is 0. The van der Waals surface area contributed by atoms with Crippen molar-refractivity contribution in [2.75, 3.05) is 39.3 Å². The molecule has 2 nitrogen and oxygen atoms in total. The van der Waals surface area contributed by atoms with Crippen LogP contribution in [0.2, 0.25) is 0 Å². The topological polar surface area (TPSA) is 6.48 Å². The van der Waals surface area contributed by atoms with Gasteiger partial charge < -0.3 is 9.80 Å². The minimum Gasteiger partial charge on any atom is -0.302 e. The third-order valence-electron chi connectivity index (χ3n) is 5.29. The second kappa shape index (κ2) is 11.8. The number of nitrogens with zero attached hydrogens (tertiary/aromatic N) is 2. The predicted molar refractivity (Wildman–Crippen MR) is 125 cm³/mol. The molecule has 0 aromatic rings. The standard InChI is InChI=1S/C25H54N2/c1-22(2)12-16-26(17-13-23(3,4)5)20-21-27(18-14-24(6,7)8)19-15-25(9,10)11/h22H,12-21H2,1-11H3. The predicted octanol–water partition coefficient (Wildman–Crippen LogP) is 6.95. The Bertz CT molecular complexity index is 347. The molecule has 0 aromatic heterocycles. The van der Waals surface area contributed by atoms with Crippen molar-refractivity contribution in [3.63, 3.8) is 0 Å². The molecule has 0 atom stereocenters. The molecule has 0 aliphatic heterocycles. The second-order valence-corrected chi connectivity index (χ2v) is 12.8. The van der Waals surface area contributed by atoms with Crippen LogP contribution in [0.25, 0.3) is 0 Å². The van der Waals surface area contributed by atoms with Crippen LogP contribution >= 0.6 is 0 Å². The Morgan fingerprint density at radius 3 is 1.04 bits per heavy atom. The fourth-order valence-corrected chi connectivity index (χ4v) is 2.88. The van der Waals surface area contributed by atoms with Crippen LogP contribution in [0.3, 0.4) is 0 Å². The molecule has 0 amide bonds. The minimum absolute atomic E-state index is 0.420. The van der Waals surface area contributed by atoms with Crippen LogP contribution in [0, 0.1) is 22.2 Å². The quantitative estimate of drug-likeness (QED) is 0.360. The summed E-state index contributed by atoms with van der Waals surface area (Å²) >= 11 is 0. The second-order valence-electron chi connectivity index (χ2n) is 12.8. The summed E-state index contributed by atoms with van der Waals surface area (Å²) < 4.78 is 0. The maximum Gasteiger partial charge on any atom is 0.0109 e. The molecule has 2 heteroatoms. The van der Waals surface area contributed by atoms with E-state index in [9.17, 15) is 0 Å². The van der Waals surface area contributed by atoms with Gasteiger partial charge in [0, 0.05) is 13.1 Å². The van der Waals surface area contributed by atoms with E-state index in [-0.39, 0.29) is 0 Å². The molecule has 0 aromatic carbocycles. The third kappa shape index (κ3) is 19.0. The van der Waals surface area contributed by atoms with Crippen molar-refractivity contribution in [2.24, 2.45) is 22.2 Å². The molecule has 0 aliphatic rings. The van der Waals surface area contributed by atoms with Crippen molar-refractivity contribution in [1.82, 2.24) is 9.80 Å². The number of hydrogen-bond acceptors (Lipinski definition) is 2. The van der Waals surface area contributed by atoms with Crippen LogP contribution in [0.4, 0.5) is 0 Å². The average molecular weight is 383 g/mol. The zero-order valence-corrected chi connectivity index (χ0v) is 21.0. The minimum atomic E-state index is 0.420. The molecule has 0 aliphatic carbocycles. The Morgan fingerprint density at radius 1 is 0.481 bits per heavy atom. The van der Waals surface area contributed by atoms with Gasteiger partial charge >= 0.3 is 0 Å². The summed E-state index contributed by atoms with van der Waals surface area (Å²) in [5.74, 6) is 0.792. The van der Waals surface area contributed by atoms with Crippen molar-refractivity contribution in [1.29, 1.82) is 0 Å². The van der Waals surface area contributed by atoms with Crippen LogP contribution in [-0.2, 0) is 0 Å². The summed E-state index contributed by atoms with van der Waals surface area (Å²) in [5, 5.41) is 0. The van der Waals surface area contributed by atoms with Gasteiger partial charge in [0.15, 0.2) is 0 Å². The lowest BCUT2D eigenvalue weighted by Crippen LogP contribution is -2.39. The molecule has 0 N–H and O–H groups in total. The van der Waals surface area contributed by atoms with E-state index < -0.39 is 0 Å². The SMILES string of the molecule is CC(C)CCN(CCN(CCC(C)(C)C)CCC(C)(C)C)CCC(C)(C)C. The van der Waals surface area contributed by atoms with Crippen molar-refractivity contribution >= 4 is 0 Å². The molecule has 164 valence electrons. The van der Waals surface area contributed by atoms with Crippen molar-refractivity contribution in [2.45, 2.75) is 102 Å². The first kappa shape index (κ1) is 26.9. The van der Waals surface area contributed by atoms with Gasteiger partial charge in [-0.2, -0.15) is 0 Å². The van der Waals surface area contributed by atoms with Gasteiger partial charge in [0.1, 0.15) is 0 Å². The fourth-order valence-electron chi connectivity index (χ4n) is 2.88. The highest BCUT2D eigenvalue weighted by Crippen LogP contribution is 2.22. The summed E-state index contributed by atoms with van der Waals surface area (Å²) in [7, 11) is 0. The van der Waals surface area contributed by atoms with Crippen LogP contribution in [0.5, 0.6) is 0 Å². The van der Waals surface area contributed by atoms with Crippen LogP contribution in [0.1, 0.15) is 102 Å². The zero-order chi connectivity index (χ0) is 21.3. The van der Waals surface area contributed by atoms with Gasteiger partial charge in [-0.05, 0) is 74.0 Å². The van der Waals surface area contributed by atoms with Crippen LogP contribution in [-0.4, -0.2) is 49.1 Å². The molecule has 0 unspecified atom stereocenters. The first-order valence-electron chi connectivity index (χ1n) is 11.5. The van der Waals surface area contributed by atoms with E-state index in [0.717, 1.165) is 5.92 Å². The smallest absolute Gasteiger partial charge is 0.0109 e. The van der Waals surface area contributed by atoms with Gasteiger partial charge in [-0.25, -0.2) is 0 Å². The van der Waals surface area contributed by atoms with Crippen LogP contribution < -0.4 is 0 Å². The highest BCUT2D eigenvalue weighted by molar-refractivity contribution is 4.73. The summed E-state index contributed by atoms with van der Waals surface area (Å²) in [6, 6.07) is 0. The first-order valence-corrected chi connectivity index (χ1v) is 11.5. The Labute approximate surface area is 173 Å². The molecular weight excluding hydrogens is 328 g/mol. The normalized spacial score (nSPS) is 14.0. The van der Waals surface area contributed by atoms with Crippen molar-refractivity contribution < 1.29 is 0 Å². The molecular formula is C25H54N2. The first-order chi connectivity index (χ1) is 12.1. The summed E-state index contributed by atoms with van der Waals surface area (Å²) in [5.41, 5.74) is 1.27. The van der Waals surface area contributed by atoms with Gasteiger partial charge in [-0.3, -0.25) is 0 Å². The van der Waals surface area contributed by atoms with Crippen molar-refractivity contribution in [3.05, 3.63) is 0 Å². The van der Waals surface area contributed by atoms with Gasteiger partial charge in [0.05, 0.1) is 0 Å². The largest absolute Gasteiger partial charge is 0.302 e. The zero-order valence-electron chi connectivity index (χ0n) is 21.0. The van der Waals surface area contributed by atoms with E-state index in [1.807, 2.05) is 0 Å². The van der Waals surface area contributed by atoms with Gasteiger partial charge in [-0.1, -0.05) is 76.2 Å². The highest BCUT2D eigenvalue weighted by Gasteiger charge is 2.19. The summed E-state index contributed by atoms with van der Waals surface area (Å²) in [6.07, 6.45) is 5.17. The lowest BCUT2D eigenvalue weighted by Gasteiger charge is -2.33. The molecule has 0 fully saturated rings. The van der Waals surface area contributed by atoms with Crippen LogP contribution in [0.15, 0.2) is 0 Å². The molecule has 0 bridgehead atoms. The average Bonchev–Trinajstić information content (AvgIpc) is 2.44. The maximum atomic E-state index is 2.73. The highest BCUT2D eigenvalue weighted by atomic mass is 15.2. The fraction of sp³-hybridized carbons (Fsp3) is 1.00. The Kier molecular flexibility index (Phi) is 11.8. The van der Waals surface area contributed by atoms with E-state index in [1.54, 1.807) is 0 Å². The lowest BCUT2D eigenvalue weighted by molar-refractivity contribution is 0.155. The Hall–Kier alpha value is -0.0800. The third-order valence-corrected chi connectivity index (χ3v) is 5.29. The molecule has 0 saturated carbocycles. The molecule has 0 radical (unpaired) electrons. The van der Waals surface area contributed by atoms with Crippen molar-refractivity contribution in [3.8, 4) is 0 Å². The Balaban J connectivity index is 4.76. The van der Waals surface area contributed by atoms with Gasteiger partial charge in [0.25, 0.3) is 0 Å². The van der Waals surface area contributed by atoms with E-state index in [2.05, 4.69) is 86.0 Å². The molecule has 0 spiro atoms.